The number of carbonyl (C=O) groups is 1. The van der Waals surface area contributed by atoms with E-state index in [2.05, 4.69) is 28.1 Å². The Labute approximate surface area is 96.8 Å². The van der Waals surface area contributed by atoms with Gasteiger partial charge in [-0.15, -0.1) is 0 Å². The van der Waals surface area contributed by atoms with E-state index in [1.165, 1.54) is 12.7 Å². The first-order chi connectivity index (χ1) is 7.14. The van der Waals surface area contributed by atoms with Crippen molar-refractivity contribution in [1.82, 2.24) is 0 Å². The van der Waals surface area contributed by atoms with Gasteiger partial charge in [-0.2, -0.15) is 0 Å². The van der Waals surface area contributed by atoms with Gasteiger partial charge in [0.1, 0.15) is 0 Å². The highest BCUT2D eigenvalue weighted by Gasteiger charge is 2.88. The summed E-state index contributed by atoms with van der Waals surface area (Å²) in [5.41, 5.74) is 1.22. The lowest BCUT2D eigenvalue weighted by atomic mass is 10.0. The summed E-state index contributed by atoms with van der Waals surface area (Å²) in [5.74, 6) is -0.0394. The molecule has 3 rings (SSSR count). The second-order valence-electron chi connectivity index (χ2n) is 4.52. The van der Waals surface area contributed by atoms with E-state index in [0.717, 1.165) is 17.3 Å². The smallest absolute Gasteiger partial charge is 0.312 e. The van der Waals surface area contributed by atoms with Crippen molar-refractivity contribution in [2.45, 2.75) is 18.3 Å². The summed E-state index contributed by atoms with van der Waals surface area (Å²) in [6.45, 7) is 0. The van der Waals surface area contributed by atoms with Crippen LogP contribution in [0.4, 0.5) is 0 Å². The number of carbonyl (C=O) groups excluding carboxylic acids is 1. The molecule has 0 amide bonds. The second kappa shape index (κ2) is 2.64. The van der Waals surface area contributed by atoms with Crippen LogP contribution in [0.5, 0.6) is 0 Å². The van der Waals surface area contributed by atoms with Crippen LogP contribution in [0.25, 0.3) is 0 Å². The van der Waals surface area contributed by atoms with E-state index in [0.29, 0.717) is 0 Å². The fraction of sp³-hybridized carbons (Fsp3) is 0.417. The van der Waals surface area contributed by atoms with Crippen LogP contribution < -0.4 is 0 Å². The summed E-state index contributed by atoms with van der Waals surface area (Å²) in [6.07, 6.45) is 1.92. The molecule has 0 aromatic heterocycles. The van der Waals surface area contributed by atoms with Crippen molar-refractivity contribution < 1.29 is 9.53 Å². The zero-order valence-electron chi connectivity index (χ0n) is 8.42. The first-order valence-corrected chi connectivity index (χ1v) is 5.78. The molecule has 15 heavy (non-hydrogen) atoms. The molecule has 78 valence electrons. The molecule has 0 spiro atoms. The van der Waals surface area contributed by atoms with Crippen LogP contribution in [0.3, 0.4) is 0 Å². The van der Waals surface area contributed by atoms with Crippen molar-refractivity contribution in [1.29, 1.82) is 0 Å². The van der Waals surface area contributed by atoms with Crippen molar-refractivity contribution in [2.24, 2.45) is 5.41 Å². The Morgan fingerprint density at radius 1 is 1.47 bits per heavy atom. The van der Waals surface area contributed by atoms with E-state index in [1.54, 1.807) is 0 Å². The molecule has 2 fully saturated rings. The van der Waals surface area contributed by atoms with E-state index >= 15 is 0 Å². The van der Waals surface area contributed by atoms with Crippen molar-refractivity contribution >= 4 is 21.9 Å². The van der Waals surface area contributed by atoms with Crippen molar-refractivity contribution in [3.8, 4) is 0 Å². The molecule has 0 heterocycles. The third kappa shape index (κ3) is 1.02. The number of hydrogen-bond donors (Lipinski definition) is 0. The molecule has 2 aliphatic carbocycles. The van der Waals surface area contributed by atoms with Gasteiger partial charge in [-0.05, 0) is 30.5 Å². The highest BCUT2D eigenvalue weighted by Crippen LogP contribution is 2.86. The molecule has 0 atom stereocenters. The lowest BCUT2D eigenvalue weighted by Gasteiger charge is -2.02. The molecule has 2 nitrogen and oxygen atoms in total. The largest absolute Gasteiger partial charge is 0.469 e. The van der Waals surface area contributed by atoms with Crippen LogP contribution in [0.15, 0.2) is 28.7 Å². The number of esters is 1. The quantitative estimate of drug-likeness (QED) is 0.770. The fourth-order valence-electron chi connectivity index (χ4n) is 2.69. The third-order valence-electron chi connectivity index (χ3n) is 3.83. The number of hydrogen-bond acceptors (Lipinski definition) is 2. The predicted octanol–water partition coefficient (Wildman–Crippen LogP) is 2.65. The van der Waals surface area contributed by atoms with Crippen LogP contribution in [-0.2, 0) is 14.9 Å². The van der Waals surface area contributed by atoms with E-state index in [9.17, 15) is 4.79 Å². The summed E-state index contributed by atoms with van der Waals surface area (Å²) in [7, 11) is 1.47. The van der Waals surface area contributed by atoms with Gasteiger partial charge in [-0.25, -0.2) is 0 Å². The van der Waals surface area contributed by atoms with Gasteiger partial charge in [0.2, 0.25) is 0 Å². The maximum Gasteiger partial charge on any atom is 0.312 e. The van der Waals surface area contributed by atoms with Crippen molar-refractivity contribution in [3.05, 3.63) is 34.3 Å². The first kappa shape index (κ1) is 9.40. The van der Waals surface area contributed by atoms with Crippen molar-refractivity contribution in [3.63, 3.8) is 0 Å². The normalized spacial score (nSPS) is 35.6. The van der Waals surface area contributed by atoms with E-state index in [-0.39, 0.29) is 16.8 Å². The molecule has 2 saturated carbocycles. The highest BCUT2D eigenvalue weighted by atomic mass is 79.9. The number of halogens is 1. The number of ether oxygens (including phenoxy) is 1. The Kier molecular flexibility index (Phi) is 1.66. The molecule has 1 aromatic rings. The SMILES string of the molecule is COC(=O)C12CC1(c1cccc(Br)c1)C2. The van der Waals surface area contributed by atoms with Gasteiger partial charge in [0, 0.05) is 9.89 Å². The standard InChI is InChI=1S/C12H11BrO2/c1-15-10(14)12-6-11(12,7-12)8-3-2-4-9(13)5-8/h2-5H,6-7H2,1H3. The molecule has 1 aromatic carbocycles. The zero-order valence-corrected chi connectivity index (χ0v) is 10.0. The van der Waals surface area contributed by atoms with Gasteiger partial charge in [0.15, 0.2) is 0 Å². The minimum absolute atomic E-state index is 0.0394. The predicted molar refractivity (Wildman–Crippen MR) is 59.5 cm³/mol. The zero-order chi connectivity index (χ0) is 10.7. The maximum absolute atomic E-state index is 11.6. The van der Waals surface area contributed by atoms with Crippen LogP contribution in [0.2, 0.25) is 0 Å². The molecule has 2 aliphatic rings. The Bertz CT molecular complexity index is 447. The topological polar surface area (TPSA) is 26.3 Å². The Morgan fingerprint density at radius 2 is 2.20 bits per heavy atom. The van der Waals surface area contributed by atoms with E-state index in [4.69, 9.17) is 4.74 Å². The number of rotatable bonds is 2. The molecule has 0 N–H and O–H groups in total. The molecular formula is C12H11BrO2. The Morgan fingerprint density at radius 3 is 2.80 bits per heavy atom. The summed E-state index contributed by atoms with van der Waals surface area (Å²) in [5, 5.41) is 0. The molecule has 0 aliphatic heterocycles. The van der Waals surface area contributed by atoms with Gasteiger partial charge in [-0.3, -0.25) is 4.79 Å². The molecule has 0 unspecified atom stereocenters. The van der Waals surface area contributed by atoms with E-state index in [1.807, 2.05) is 12.1 Å². The molecule has 0 saturated heterocycles. The summed E-state index contributed by atoms with van der Waals surface area (Å²) < 4.78 is 5.92. The summed E-state index contributed by atoms with van der Waals surface area (Å²) >= 11 is 3.46. The third-order valence-corrected chi connectivity index (χ3v) is 4.32. The number of fused-ring (bicyclic) bond motifs is 1. The Hall–Kier alpha value is -0.830. The van der Waals surface area contributed by atoms with Crippen LogP contribution in [-0.4, -0.2) is 13.1 Å². The minimum Gasteiger partial charge on any atom is -0.469 e. The van der Waals surface area contributed by atoms with Gasteiger partial charge in [0.05, 0.1) is 12.5 Å². The lowest BCUT2D eigenvalue weighted by Crippen LogP contribution is -2.08. The summed E-state index contributed by atoms with van der Waals surface area (Å²) in [4.78, 5) is 11.6. The van der Waals surface area contributed by atoms with Crippen LogP contribution in [0.1, 0.15) is 18.4 Å². The average molecular weight is 267 g/mol. The number of methoxy groups -OCH3 is 1. The van der Waals surface area contributed by atoms with Crippen molar-refractivity contribution in [2.75, 3.05) is 7.11 Å². The van der Waals surface area contributed by atoms with Crippen LogP contribution >= 0.6 is 15.9 Å². The average Bonchev–Trinajstić information content (AvgIpc) is 3.02. The van der Waals surface area contributed by atoms with Crippen LogP contribution in [0, 0.1) is 5.41 Å². The lowest BCUT2D eigenvalue weighted by molar-refractivity contribution is -0.144. The molecule has 3 heteroatoms. The molecule has 0 radical (unpaired) electrons. The van der Waals surface area contributed by atoms with Gasteiger partial charge < -0.3 is 4.74 Å². The van der Waals surface area contributed by atoms with Gasteiger partial charge in [-0.1, -0.05) is 28.1 Å². The first-order valence-electron chi connectivity index (χ1n) is 4.99. The maximum atomic E-state index is 11.6. The fourth-order valence-corrected chi connectivity index (χ4v) is 3.09. The monoisotopic (exact) mass is 266 g/mol. The highest BCUT2D eigenvalue weighted by molar-refractivity contribution is 9.10. The second-order valence-corrected chi connectivity index (χ2v) is 5.44. The Balaban J connectivity index is 1.92. The molecule has 0 bridgehead atoms. The number of benzene rings is 1. The molecular weight excluding hydrogens is 256 g/mol. The summed E-state index contributed by atoms with van der Waals surface area (Å²) in [6, 6.07) is 8.23. The van der Waals surface area contributed by atoms with Gasteiger partial charge >= 0.3 is 5.97 Å². The minimum atomic E-state index is -0.164. The van der Waals surface area contributed by atoms with E-state index < -0.39 is 0 Å². The van der Waals surface area contributed by atoms with Gasteiger partial charge in [0.25, 0.3) is 0 Å².